The maximum Gasteiger partial charge on any atom is -0.0167 e. The van der Waals surface area contributed by atoms with Crippen LogP contribution < -0.4 is 0 Å². The summed E-state index contributed by atoms with van der Waals surface area (Å²) in [5, 5.41) is 0. The van der Waals surface area contributed by atoms with Crippen LogP contribution in [0.25, 0.3) is 0 Å². The van der Waals surface area contributed by atoms with Gasteiger partial charge in [0.25, 0.3) is 0 Å². The maximum absolute atomic E-state index is 2.36. The van der Waals surface area contributed by atoms with Gasteiger partial charge in [0.15, 0.2) is 0 Å². The highest BCUT2D eigenvalue weighted by atomic mass is 14.5. The lowest BCUT2D eigenvalue weighted by Crippen LogP contribution is -1.97. The van der Waals surface area contributed by atoms with Gasteiger partial charge in [0, 0.05) is 0 Å². The van der Waals surface area contributed by atoms with Gasteiger partial charge < -0.3 is 0 Å². The average molecular weight is 180 g/mol. The highest BCUT2D eigenvalue weighted by molar-refractivity contribution is 5.21. The maximum atomic E-state index is 2.36. The number of allylic oxidation sites excluding steroid dienone is 2. The van der Waals surface area contributed by atoms with Gasteiger partial charge in [-0.05, 0) is 43.9 Å². The highest BCUT2D eigenvalue weighted by Gasteiger charge is 2.41. The van der Waals surface area contributed by atoms with E-state index in [1.54, 1.807) is 11.1 Å². The Labute approximate surface area is 83.4 Å². The van der Waals surface area contributed by atoms with Crippen molar-refractivity contribution in [3.63, 3.8) is 0 Å². The predicted octanol–water partition coefficient (Wildman–Crippen LogP) is 4.42. The van der Waals surface area contributed by atoms with Gasteiger partial charge >= 0.3 is 0 Å². The van der Waals surface area contributed by atoms with Gasteiger partial charge in [-0.3, -0.25) is 0 Å². The highest BCUT2D eigenvalue weighted by Crippen LogP contribution is 2.50. The summed E-state index contributed by atoms with van der Waals surface area (Å²) in [6, 6.07) is 0. The molecule has 13 heavy (non-hydrogen) atoms. The minimum Gasteiger partial charge on any atom is -0.0741 e. The molecule has 0 aromatic rings. The fourth-order valence-corrected chi connectivity index (χ4v) is 2.46. The molecule has 0 spiro atoms. The molecule has 0 nitrogen and oxygen atoms in total. The topological polar surface area (TPSA) is 0 Å². The van der Waals surface area contributed by atoms with Crippen LogP contribution in [-0.2, 0) is 0 Å². The third-order valence-corrected chi connectivity index (χ3v) is 3.60. The van der Waals surface area contributed by atoms with E-state index in [0.717, 1.165) is 17.8 Å². The van der Waals surface area contributed by atoms with Gasteiger partial charge in [0.05, 0.1) is 0 Å². The lowest BCUT2D eigenvalue weighted by Gasteiger charge is -2.10. The van der Waals surface area contributed by atoms with Crippen LogP contribution in [0.1, 0.15) is 53.9 Å². The molecule has 2 unspecified atom stereocenters. The summed E-state index contributed by atoms with van der Waals surface area (Å²) in [6.07, 6.45) is 3.97. The Morgan fingerprint density at radius 2 is 1.85 bits per heavy atom. The van der Waals surface area contributed by atoms with Crippen LogP contribution in [0.3, 0.4) is 0 Å². The van der Waals surface area contributed by atoms with E-state index in [-0.39, 0.29) is 0 Å². The molecule has 0 heterocycles. The smallest absolute Gasteiger partial charge is 0.0167 e. The van der Waals surface area contributed by atoms with E-state index in [1.165, 1.54) is 19.3 Å². The van der Waals surface area contributed by atoms with Crippen molar-refractivity contribution in [3.05, 3.63) is 11.1 Å². The van der Waals surface area contributed by atoms with Crippen molar-refractivity contribution in [3.8, 4) is 0 Å². The molecular weight excluding hydrogens is 156 g/mol. The fourth-order valence-electron chi connectivity index (χ4n) is 2.46. The minimum absolute atomic E-state index is 0.885. The van der Waals surface area contributed by atoms with Gasteiger partial charge in [-0.25, -0.2) is 0 Å². The number of rotatable bonds is 4. The van der Waals surface area contributed by atoms with Crippen molar-refractivity contribution < 1.29 is 0 Å². The first-order valence-corrected chi connectivity index (χ1v) is 5.80. The summed E-state index contributed by atoms with van der Waals surface area (Å²) >= 11 is 0. The number of hydrogen-bond acceptors (Lipinski definition) is 0. The second kappa shape index (κ2) is 4.30. The predicted molar refractivity (Wildman–Crippen MR) is 59.7 cm³/mol. The van der Waals surface area contributed by atoms with Crippen molar-refractivity contribution in [2.45, 2.75) is 53.9 Å². The van der Waals surface area contributed by atoms with Gasteiger partial charge in [0.1, 0.15) is 0 Å². The summed E-state index contributed by atoms with van der Waals surface area (Å²) in [7, 11) is 0. The molecule has 1 aliphatic rings. The van der Waals surface area contributed by atoms with Crippen LogP contribution in [0.4, 0.5) is 0 Å². The summed E-state index contributed by atoms with van der Waals surface area (Å²) in [5.41, 5.74) is 3.41. The summed E-state index contributed by atoms with van der Waals surface area (Å²) in [6.45, 7) is 11.6. The largest absolute Gasteiger partial charge is 0.0741 e. The average Bonchev–Trinajstić information content (AvgIpc) is 2.85. The molecule has 2 atom stereocenters. The van der Waals surface area contributed by atoms with Gasteiger partial charge in [-0.2, -0.15) is 0 Å². The zero-order valence-electron chi connectivity index (χ0n) is 9.85. The van der Waals surface area contributed by atoms with Crippen molar-refractivity contribution >= 4 is 0 Å². The Morgan fingerprint density at radius 3 is 2.15 bits per heavy atom. The first-order chi connectivity index (χ1) is 6.11. The minimum atomic E-state index is 0.885. The summed E-state index contributed by atoms with van der Waals surface area (Å²) in [4.78, 5) is 0. The zero-order valence-corrected chi connectivity index (χ0v) is 9.85. The Bertz CT molecular complexity index is 198. The molecule has 0 heteroatoms. The molecule has 0 saturated heterocycles. The van der Waals surface area contributed by atoms with E-state index in [2.05, 4.69) is 34.6 Å². The lowest BCUT2D eigenvalue weighted by atomic mass is 9.96. The molecule has 0 aromatic carbocycles. The molecule has 0 aliphatic heterocycles. The van der Waals surface area contributed by atoms with Crippen LogP contribution in [0, 0.1) is 17.8 Å². The second-order valence-corrected chi connectivity index (χ2v) is 4.76. The quantitative estimate of drug-likeness (QED) is 0.562. The van der Waals surface area contributed by atoms with E-state index in [4.69, 9.17) is 0 Å². The zero-order chi connectivity index (χ0) is 10.0. The molecule has 1 rings (SSSR count). The fraction of sp³-hybridized carbons (Fsp3) is 0.846. The molecule has 0 radical (unpaired) electrons. The van der Waals surface area contributed by atoms with Crippen molar-refractivity contribution in [2.75, 3.05) is 0 Å². The molecule has 1 aliphatic carbocycles. The Morgan fingerprint density at radius 1 is 1.23 bits per heavy atom. The van der Waals surface area contributed by atoms with E-state index < -0.39 is 0 Å². The molecule has 76 valence electrons. The third kappa shape index (κ3) is 2.36. The monoisotopic (exact) mass is 180 g/mol. The molecule has 0 bridgehead atoms. The first-order valence-electron chi connectivity index (χ1n) is 5.80. The molecular formula is C13H24. The first kappa shape index (κ1) is 10.8. The van der Waals surface area contributed by atoms with Crippen LogP contribution in [0.5, 0.6) is 0 Å². The van der Waals surface area contributed by atoms with E-state index in [9.17, 15) is 0 Å². The number of hydrogen-bond donors (Lipinski definition) is 0. The Kier molecular flexibility index (Phi) is 3.58. The van der Waals surface area contributed by atoms with Crippen molar-refractivity contribution in [2.24, 2.45) is 17.8 Å². The van der Waals surface area contributed by atoms with Crippen LogP contribution >= 0.6 is 0 Å². The molecule has 0 amide bonds. The van der Waals surface area contributed by atoms with E-state index in [1.807, 2.05) is 0 Å². The molecule has 1 saturated carbocycles. The van der Waals surface area contributed by atoms with Crippen LogP contribution in [0.15, 0.2) is 11.1 Å². The van der Waals surface area contributed by atoms with Crippen molar-refractivity contribution in [1.82, 2.24) is 0 Å². The van der Waals surface area contributed by atoms with Crippen molar-refractivity contribution in [1.29, 1.82) is 0 Å². The summed E-state index contributed by atoms with van der Waals surface area (Å²) in [5.74, 6) is 2.83. The SMILES string of the molecule is CCC(C)=C(CC)C1CC1C(C)C. The third-order valence-electron chi connectivity index (χ3n) is 3.60. The molecule has 0 aromatic heterocycles. The Hall–Kier alpha value is -0.260. The standard InChI is InChI=1S/C13H24/c1-6-10(5)11(7-2)13-8-12(13)9(3)4/h9,12-13H,6-8H2,1-5H3. The van der Waals surface area contributed by atoms with E-state index >= 15 is 0 Å². The van der Waals surface area contributed by atoms with Gasteiger partial charge in [0.2, 0.25) is 0 Å². The summed E-state index contributed by atoms with van der Waals surface area (Å²) < 4.78 is 0. The van der Waals surface area contributed by atoms with Gasteiger partial charge in [-0.15, -0.1) is 0 Å². The molecule has 1 fully saturated rings. The van der Waals surface area contributed by atoms with Crippen LogP contribution in [0.2, 0.25) is 0 Å². The molecule has 0 N–H and O–H groups in total. The second-order valence-electron chi connectivity index (χ2n) is 4.76. The van der Waals surface area contributed by atoms with E-state index in [0.29, 0.717) is 0 Å². The lowest BCUT2D eigenvalue weighted by molar-refractivity contribution is 0.532. The van der Waals surface area contributed by atoms with Crippen LogP contribution in [-0.4, -0.2) is 0 Å². The van der Waals surface area contributed by atoms with Gasteiger partial charge in [-0.1, -0.05) is 38.8 Å². The normalized spacial score (nSPS) is 29.1. The Balaban J connectivity index is 2.62.